The van der Waals surface area contributed by atoms with Crippen LogP contribution in [0.2, 0.25) is 0 Å². The van der Waals surface area contributed by atoms with E-state index in [0.717, 1.165) is 32.1 Å². The summed E-state index contributed by atoms with van der Waals surface area (Å²) >= 11 is 0. The lowest BCUT2D eigenvalue weighted by Crippen LogP contribution is -2.36. The first-order valence-electron chi connectivity index (χ1n) is 10.7. The second-order valence-electron chi connectivity index (χ2n) is 7.69. The Kier molecular flexibility index (Phi) is 7.60. The highest BCUT2D eigenvalue weighted by Gasteiger charge is 2.19. The number of nitrogens with one attached hydrogen (secondary N) is 3. The lowest BCUT2D eigenvalue weighted by molar-refractivity contribution is -0.116. The maximum absolute atomic E-state index is 12.8. The van der Waals surface area contributed by atoms with E-state index in [4.69, 9.17) is 0 Å². The Hall–Kier alpha value is -3.15. The Labute approximate surface area is 177 Å². The van der Waals surface area contributed by atoms with Crippen molar-refractivity contribution in [3.63, 3.8) is 0 Å². The molecule has 0 saturated heterocycles. The quantitative estimate of drug-likeness (QED) is 0.619. The first-order chi connectivity index (χ1) is 14.6. The molecule has 0 radical (unpaired) electrons. The zero-order chi connectivity index (χ0) is 21.3. The topological polar surface area (TPSA) is 87.3 Å². The maximum Gasteiger partial charge on any atom is 0.255 e. The molecule has 2 aromatic carbocycles. The van der Waals surface area contributed by atoms with Crippen molar-refractivity contribution in [2.75, 3.05) is 10.6 Å². The minimum absolute atomic E-state index is 0.0835. The molecule has 0 spiro atoms. The van der Waals surface area contributed by atoms with Crippen LogP contribution in [-0.2, 0) is 4.79 Å². The second kappa shape index (κ2) is 10.6. The van der Waals surface area contributed by atoms with Crippen LogP contribution in [0.5, 0.6) is 0 Å². The summed E-state index contributed by atoms with van der Waals surface area (Å²) in [5.74, 6) is -0.585. The van der Waals surface area contributed by atoms with Gasteiger partial charge in [0.25, 0.3) is 11.8 Å². The molecule has 1 aliphatic carbocycles. The van der Waals surface area contributed by atoms with Crippen molar-refractivity contribution < 1.29 is 14.4 Å². The molecule has 3 amide bonds. The highest BCUT2D eigenvalue weighted by atomic mass is 16.2. The molecule has 1 aliphatic rings. The van der Waals surface area contributed by atoms with Crippen LogP contribution in [0, 0.1) is 0 Å². The van der Waals surface area contributed by atoms with Crippen LogP contribution >= 0.6 is 0 Å². The number of carbonyl (C=O) groups excluding carboxylic acids is 3. The Morgan fingerprint density at radius 1 is 0.900 bits per heavy atom. The van der Waals surface area contributed by atoms with E-state index in [1.165, 1.54) is 6.42 Å². The molecule has 0 atom stereocenters. The third-order valence-corrected chi connectivity index (χ3v) is 5.25. The van der Waals surface area contributed by atoms with E-state index in [9.17, 15) is 14.4 Å². The lowest BCUT2D eigenvalue weighted by atomic mass is 9.95. The molecule has 0 unspecified atom stereocenters. The lowest BCUT2D eigenvalue weighted by Gasteiger charge is -2.23. The molecular weight excluding hydrogens is 378 g/mol. The number of hydrogen-bond donors (Lipinski definition) is 3. The molecule has 1 saturated carbocycles. The minimum atomic E-state index is -0.334. The first-order valence-corrected chi connectivity index (χ1v) is 10.7. The highest BCUT2D eigenvalue weighted by Crippen LogP contribution is 2.21. The average Bonchev–Trinajstić information content (AvgIpc) is 2.75. The van der Waals surface area contributed by atoms with Gasteiger partial charge in [0.1, 0.15) is 0 Å². The predicted molar refractivity (Wildman–Crippen MR) is 119 cm³/mol. The molecule has 0 heterocycles. The van der Waals surface area contributed by atoms with Crippen molar-refractivity contribution >= 4 is 29.1 Å². The van der Waals surface area contributed by atoms with Gasteiger partial charge in [-0.05, 0) is 49.6 Å². The maximum atomic E-state index is 12.8. The fraction of sp³-hybridized carbons (Fsp3) is 0.375. The SMILES string of the molecule is CCCC(=O)Nc1cccc(C(=O)Nc2ccccc2C(=O)NC2CCCCC2)c1. The fourth-order valence-electron chi connectivity index (χ4n) is 3.68. The van der Waals surface area contributed by atoms with Crippen LogP contribution < -0.4 is 16.0 Å². The van der Waals surface area contributed by atoms with E-state index < -0.39 is 0 Å². The highest BCUT2D eigenvalue weighted by molar-refractivity contribution is 6.09. The molecule has 0 aliphatic heterocycles. The van der Waals surface area contributed by atoms with Crippen molar-refractivity contribution in [1.29, 1.82) is 0 Å². The number of hydrogen-bond acceptors (Lipinski definition) is 3. The first kappa shape index (κ1) is 21.6. The summed E-state index contributed by atoms with van der Waals surface area (Å²) in [6, 6.07) is 14.0. The Bertz CT molecular complexity index is 904. The largest absolute Gasteiger partial charge is 0.349 e. The van der Waals surface area contributed by atoms with Gasteiger partial charge in [0.2, 0.25) is 5.91 Å². The van der Waals surface area contributed by atoms with Crippen LogP contribution in [0.15, 0.2) is 48.5 Å². The minimum Gasteiger partial charge on any atom is -0.349 e. The number of carbonyl (C=O) groups is 3. The van der Waals surface area contributed by atoms with E-state index >= 15 is 0 Å². The summed E-state index contributed by atoms with van der Waals surface area (Å²) in [5.41, 5.74) is 1.90. The molecule has 2 aromatic rings. The third-order valence-electron chi connectivity index (χ3n) is 5.25. The van der Waals surface area contributed by atoms with Gasteiger partial charge in [-0.2, -0.15) is 0 Å². The molecule has 6 nitrogen and oxygen atoms in total. The van der Waals surface area contributed by atoms with Crippen LogP contribution in [0.1, 0.15) is 72.6 Å². The van der Waals surface area contributed by atoms with E-state index in [0.29, 0.717) is 28.9 Å². The summed E-state index contributed by atoms with van der Waals surface area (Å²) in [6.45, 7) is 1.94. The van der Waals surface area contributed by atoms with Gasteiger partial charge in [-0.1, -0.05) is 44.4 Å². The van der Waals surface area contributed by atoms with E-state index in [-0.39, 0.29) is 23.8 Å². The van der Waals surface area contributed by atoms with Crippen molar-refractivity contribution in [2.45, 2.75) is 57.9 Å². The molecule has 1 fully saturated rings. The van der Waals surface area contributed by atoms with Gasteiger partial charge in [-0.15, -0.1) is 0 Å². The van der Waals surface area contributed by atoms with Crippen molar-refractivity contribution in [2.24, 2.45) is 0 Å². The van der Waals surface area contributed by atoms with Gasteiger partial charge in [0, 0.05) is 23.7 Å². The third kappa shape index (κ3) is 5.92. The second-order valence-corrected chi connectivity index (χ2v) is 7.69. The van der Waals surface area contributed by atoms with Crippen molar-refractivity contribution in [1.82, 2.24) is 5.32 Å². The molecule has 6 heteroatoms. The standard InChI is InChI=1S/C24H29N3O3/c1-2-9-22(28)25-19-13-8-10-17(16-19)23(29)27-21-15-7-6-14-20(21)24(30)26-18-11-4-3-5-12-18/h6-8,10,13-16,18H,2-5,9,11-12H2,1H3,(H,25,28)(H,26,30)(H,27,29). The molecule has 158 valence electrons. The van der Waals surface area contributed by atoms with Crippen molar-refractivity contribution in [3.8, 4) is 0 Å². The number of benzene rings is 2. The molecule has 3 rings (SSSR count). The molecular formula is C24H29N3O3. The van der Waals surface area contributed by atoms with Gasteiger partial charge in [0.05, 0.1) is 11.3 Å². The van der Waals surface area contributed by atoms with Crippen LogP contribution in [0.3, 0.4) is 0 Å². The van der Waals surface area contributed by atoms with Gasteiger partial charge in [-0.3, -0.25) is 14.4 Å². The summed E-state index contributed by atoms with van der Waals surface area (Å²) in [4.78, 5) is 37.4. The van der Waals surface area contributed by atoms with Gasteiger partial charge < -0.3 is 16.0 Å². The molecule has 3 N–H and O–H groups in total. The van der Waals surface area contributed by atoms with E-state index in [1.54, 1.807) is 48.5 Å². The number of anilines is 2. The van der Waals surface area contributed by atoms with E-state index in [1.807, 2.05) is 6.92 Å². The number of rotatable bonds is 7. The molecule has 30 heavy (non-hydrogen) atoms. The predicted octanol–water partition coefficient (Wildman–Crippen LogP) is 4.74. The van der Waals surface area contributed by atoms with Gasteiger partial charge >= 0.3 is 0 Å². The molecule has 0 aromatic heterocycles. The molecule has 0 bridgehead atoms. The van der Waals surface area contributed by atoms with Crippen LogP contribution in [-0.4, -0.2) is 23.8 Å². The zero-order valence-corrected chi connectivity index (χ0v) is 17.4. The van der Waals surface area contributed by atoms with Crippen LogP contribution in [0.4, 0.5) is 11.4 Å². The summed E-state index contributed by atoms with van der Waals surface area (Å²) in [6.07, 6.45) is 6.67. The normalized spacial score (nSPS) is 14.0. The van der Waals surface area contributed by atoms with Crippen molar-refractivity contribution in [3.05, 3.63) is 59.7 Å². The van der Waals surface area contributed by atoms with Gasteiger partial charge in [0.15, 0.2) is 0 Å². The Balaban J connectivity index is 1.69. The summed E-state index contributed by atoms with van der Waals surface area (Å²) in [5, 5.41) is 8.73. The summed E-state index contributed by atoms with van der Waals surface area (Å²) in [7, 11) is 0. The van der Waals surface area contributed by atoms with Crippen LogP contribution in [0.25, 0.3) is 0 Å². The fourth-order valence-corrected chi connectivity index (χ4v) is 3.68. The number of amides is 3. The Morgan fingerprint density at radius 3 is 2.43 bits per heavy atom. The average molecular weight is 408 g/mol. The number of para-hydroxylation sites is 1. The van der Waals surface area contributed by atoms with Gasteiger partial charge in [-0.25, -0.2) is 0 Å². The monoisotopic (exact) mass is 407 g/mol. The Morgan fingerprint density at radius 2 is 1.67 bits per heavy atom. The van der Waals surface area contributed by atoms with E-state index in [2.05, 4.69) is 16.0 Å². The zero-order valence-electron chi connectivity index (χ0n) is 17.4. The summed E-state index contributed by atoms with van der Waals surface area (Å²) < 4.78 is 0. The smallest absolute Gasteiger partial charge is 0.255 e.